The van der Waals surface area contributed by atoms with Gasteiger partial charge in [-0.1, -0.05) is 13.8 Å². The number of likely N-dealkylation sites (tertiary alicyclic amines) is 1. The Balaban J connectivity index is 2.11. The SMILES string of the molecule is CCC1(CC)CCN(C(=O)c2sccc2Br)C1. The highest BCUT2D eigenvalue weighted by Gasteiger charge is 2.37. The van der Waals surface area contributed by atoms with Gasteiger partial charge in [0.25, 0.3) is 5.91 Å². The quantitative estimate of drug-likeness (QED) is 0.820. The maximum atomic E-state index is 12.4. The predicted octanol–water partition coefficient (Wildman–Crippen LogP) is 4.16. The van der Waals surface area contributed by atoms with Crippen molar-refractivity contribution in [1.29, 1.82) is 0 Å². The summed E-state index contributed by atoms with van der Waals surface area (Å²) in [4.78, 5) is 15.2. The van der Waals surface area contributed by atoms with Gasteiger partial charge in [0.15, 0.2) is 0 Å². The molecule has 1 aliphatic heterocycles. The highest BCUT2D eigenvalue weighted by Crippen LogP contribution is 2.38. The Bertz CT molecular complexity index is 411. The lowest BCUT2D eigenvalue weighted by atomic mass is 9.82. The standard InChI is InChI=1S/C13H18BrNOS/c1-3-13(4-2)6-7-15(9-13)12(16)11-10(14)5-8-17-11/h5,8H,3-4,6-7,9H2,1-2H3. The van der Waals surface area contributed by atoms with Crippen molar-refractivity contribution >= 4 is 33.2 Å². The van der Waals surface area contributed by atoms with E-state index >= 15 is 0 Å². The van der Waals surface area contributed by atoms with Gasteiger partial charge in [-0.25, -0.2) is 0 Å². The van der Waals surface area contributed by atoms with Crippen LogP contribution in [-0.4, -0.2) is 23.9 Å². The first kappa shape index (κ1) is 13.1. The Morgan fingerprint density at radius 2 is 2.24 bits per heavy atom. The molecule has 0 unspecified atom stereocenters. The number of carbonyl (C=O) groups excluding carboxylic acids is 1. The van der Waals surface area contributed by atoms with Crippen LogP contribution in [0.1, 0.15) is 42.8 Å². The number of hydrogen-bond acceptors (Lipinski definition) is 2. The van der Waals surface area contributed by atoms with Crippen LogP contribution in [-0.2, 0) is 0 Å². The van der Waals surface area contributed by atoms with Crippen molar-refractivity contribution in [2.75, 3.05) is 13.1 Å². The van der Waals surface area contributed by atoms with Crippen LogP contribution in [0.2, 0.25) is 0 Å². The third kappa shape index (κ3) is 2.43. The zero-order valence-electron chi connectivity index (χ0n) is 10.3. The summed E-state index contributed by atoms with van der Waals surface area (Å²) in [5.74, 6) is 0.190. The minimum Gasteiger partial charge on any atom is -0.337 e. The highest BCUT2D eigenvalue weighted by molar-refractivity contribution is 9.10. The lowest BCUT2D eigenvalue weighted by Gasteiger charge is -2.26. The van der Waals surface area contributed by atoms with E-state index in [0.29, 0.717) is 5.41 Å². The van der Waals surface area contributed by atoms with E-state index in [1.165, 1.54) is 24.2 Å². The molecule has 1 aromatic heterocycles. The molecule has 2 rings (SSSR count). The second-order valence-corrected chi connectivity index (χ2v) is 6.55. The molecule has 0 spiro atoms. The van der Waals surface area contributed by atoms with Crippen LogP contribution in [0.15, 0.2) is 15.9 Å². The van der Waals surface area contributed by atoms with E-state index in [1.807, 2.05) is 16.3 Å². The largest absolute Gasteiger partial charge is 0.337 e. The molecule has 94 valence electrons. The molecule has 0 radical (unpaired) electrons. The smallest absolute Gasteiger partial charge is 0.265 e. The third-order valence-corrected chi connectivity index (χ3v) is 5.86. The van der Waals surface area contributed by atoms with Crippen LogP contribution in [0.4, 0.5) is 0 Å². The van der Waals surface area contributed by atoms with Gasteiger partial charge in [-0.15, -0.1) is 11.3 Å². The van der Waals surface area contributed by atoms with E-state index < -0.39 is 0 Å². The zero-order chi connectivity index (χ0) is 12.5. The molecule has 0 saturated carbocycles. The van der Waals surface area contributed by atoms with E-state index in [0.717, 1.165) is 28.9 Å². The lowest BCUT2D eigenvalue weighted by molar-refractivity contribution is 0.0774. The molecule has 1 aliphatic rings. The van der Waals surface area contributed by atoms with Crippen molar-refractivity contribution in [3.63, 3.8) is 0 Å². The Hall–Kier alpha value is -0.350. The van der Waals surface area contributed by atoms with Gasteiger partial charge < -0.3 is 4.90 Å². The van der Waals surface area contributed by atoms with Crippen LogP contribution < -0.4 is 0 Å². The lowest BCUT2D eigenvalue weighted by Crippen LogP contribution is -2.31. The molecule has 1 saturated heterocycles. The van der Waals surface area contributed by atoms with Gasteiger partial charge in [0.2, 0.25) is 0 Å². The van der Waals surface area contributed by atoms with Crippen molar-refractivity contribution in [3.05, 3.63) is 20.8 Å². The maximum Gasteiger partial charge on any atom is 0.265 e. The van der Waals surface area contributed by atoms with E-state index in [2.05, 4.69) is 29.8 Å². The van der Waals surface area contributed by atoms with Crippen LogP contribution in [0, 0.1) is 5.41 Å². The topological polar surface area (TPSA) is 20.3 Å². The summed E-state index contributed by atoms with van der Waals surface area (Å²) in [6.45, 7) is 6.30. The molecule has 0 bridgehead atoms. The minimum atomic E-state index is 0.190. The van der Waals surface area contributed by atoms with Crippen LogP contribution >= 0.6 is 27.3 Å². The summed E-state index contributed by atoms with van der Waals surface area (Å²) in [5, 5.41) is 1.96. The van der Waals surface area contributed by atoms with Crippen LogP contribution in [0.5, 0.6) is 0 Å². The monoisotopic (exact) mass is 315 g/mol. The Morgan fingerprint density at radius 3 is 2.71 bits per heavy atom. The Morgan fingerprint density at radius 1 is 1.53 bits per heavy atom. The Kier molecular flexibility index (Phi) is 3.93. The first-order valence-electron chi connectivity index (χ1n) is 6.14. The summed E-state index contributed by atoms with van der Waals surface area (Å²) in [7, 11) is 0. The second kappa shape index (κ2) is 5.11. The van der Waals surface area contributed by atoms with Crippen LogP contribution in [0.3, 0.4) is 0 Å². The molecule has 1 fully saturated rings. The van der Waals surface area contributed by atoms with Gasteiger partial charge in [0.1, 0.15) is 4.88 Å². The third-order valence-electron chi connectivity index (χ3n) is 4.04. The molecule has 4 heteroatoms. The Labute approximate surface area is 115 Å². The molecule has 0 aliphatic carbocycles. The van der Waals surface area contributed by atoms with Gasteiger partial charge in [-0.05, 0) is 52.1 Å². The van der Waals surface area contributed by atoms with E-state index in [9.17, 15) is 4.79 Å². The zero-order valence-corrected chi connectivity index (χ0v) is 12.7. The number of carbonyl (C=O) groups is 1. The van der Waals surface area contributed by atoms with Crippen molar-refractivity contribution in [2.45, 2.75) is 33.1 Å². The summed E-state index contributed by atoms with van der Waals surface area (Å²) >= 11 is 4.96. The number of halogens is 1. The maximum absolute atomic E-state index is 12.4. The normalized spacial score (nSPS) is 18.6. The van der Waals surface area contributed by atoms with Gasteiger partial charge in [-0.2, -0.15) is 0 Å². The molecule has 0 atom stereocenters. The fraction of sp³-hybridized carbons (Fsp3) is 0.615. The molecule has 2 heterocycles. The number of nitrogens with zero attached hydrogens (tertiary/aromatic N) is 1. The number of thiophene rings is 1. The summed E-state index contributed by atoms with van der Waals surface area (Å²) in [6, 6.07) is 1.95. The van der Waals surface area contributed by atoms with Crippen molar-refractivity contribution in [2.24, 2.45) is 5.41 Å². The van der Waals surface area contributed by atoms with E-state index in [-0.39, 0.29) is 5.91 Å². The van der Waals surface area contributed by atoms with Crippen molar-refractivity contribution < 1.29 is 4.79 Å². The van der Waals surface area contributed by atoms with E-state index in [1.54, 1.807) is 0 Å². The molecule has 0 N–H and O–H groups in total. The van der Waals surface area contributed by atoms with Crippen molar-refractivity contribution in [3.8, 4) is 0 Å². The first-order valence-corrected chi connectivity index (χ1v) is 7.81. The fourth-order valence-electron chi connectivity index (χ4n) is 2.53. The average Bonchev–Trinajstić information content (AvgIpc) is 2.95. The summed E-state index contributed by atoms with van der Waals surface area (Å²) < 4.78 is 0.929. The first-order chi connectivity index (χ1) is 8.12. The fourth-order valence-corrected chi connectivity index (χ4v) is 4.03. The van der Waals surface area contributed by atoms with Gasteiger partial charge >= 0.3 is 0 Å². The predicted molar refractivity (Wildman–Crippen MR) is 75.6 cm³/mol. The van der Waals surface area contributed by atoms with E-state index in [4.69, 9.17) is 0 Å². The molecule has 2 nitrogen and oxygen atoms in total. The van der Waals surface area contributed by atoms with Gasteiger partial charge in [0, 0.05) is 17.6 Å². The molecular formula is C13H18BrNOS. The number of rotatable bonds is 3. The molecule has 1 aromatic rings. The molecular weight excluding hydrogens is 298 g/mol. The highest BCUT2D eigenvalue weighted by atomic mass is 79.9. The average molecular weight is 316 g/mol. The molecule has 1 amide bonds. The van der Waals surface area contributed by atoms with Crippen LogP contribution in [0.25, 0.3) is 0 Å². The molecule has 0 aromatic carbocycles. The summed E-state index contributed by atoms with van der Waals surface area (Å²) in [6.07, 6.45) is 3.48. The number of amides is 1. The van der Waals surface area contributed by atoms with Crippen molar-refractivity contribution in [1.82, 2.24) is 4.90 Å². The number of hydrogen-bond donors (Lipinski definition) is 0. The second-order valence-electron chi connectivity index (χ2n) is 4.78. The van der Waals surface area contributed by atoms with Gasteiger partial charge in [-0.3, -0.25) is 4.79 Å². The molecule has 17 heavy (non-hydrogen) atoms. The summed E-state index contributed by atoms with van der Waals surface area (Å²) in [5.41, 5.74) is 0.361. The minimum absolute atomic E-state index is 0.190. The van der Waals surface area contributed by atoms with Gasteiger partial charge in [0.05, 0.1) is 0 Å².